The molecule has 0 aliphatic carbocycles. The van der Waals surface area contributed by atoms with E-state index in [1.54, 1.807) is 6.92 Å². The van der Waals surface area contributed by atoms with Gasteiger partial charge in [0.1, 0.15) is 29.5 Å². The predicted molar refractivity (Wildman–Crippen MR) is 118 cm³/mol. The number of hydrogen-bond acceptors (Lipinski definition) is 8. The van der Waals surface area contributed by atoms with E-state index in [1.165, 1.54) is 36.2 Å². The van der Waals surface area contributed by atoms with E-state index < -0.39 is 41.1 Å². The largest absolute Gasteiger partial charge is 0.508 e. The first-order valence-electron chi connectivity index (χ1n) is 9.64. The Morgan fingerprint density at radius 1 is 1.39 bits per heavy atom. The fourth-order valence-corrected chi connectivity index (χ4v) is 4.69. The van der Waals surface area contributed by atoms with Gasteiger partial charge in [-0.1, -0.05) is 17.3 Å². The molecule has 2 heterocycles. The van der Waals surface area contributed by atoms with Crippen LogP contribution in [0.2, 0.25) is 0 Å². The van der Waals surface area contributed by atoms with E-state index in [2.05, 4.69) is 10.5 Å². The summed E-state index contributed by atoms with van der Waals surface area (Å²) < 4.78 is 0. The van der Waals surface area contributed by atoms with Gasteiger partial charge in [0.25, 0.3) is 5.91 Å². The summed E-state index contributed by atoms with van der Waals surface area (Å²) in [5, 5.41) is 33.8. The third kappa shape index (κ3) is 5.22. The van der Waals surface area contributed by atoms with Gasteiger partial charge in [-0.25, -0.2) is 4.79 Å². The van der Waals surface area contributed by atoms with Crippen LogP contribution in [0.5, 0.6) is 5.75 Å². The summed E-state index contributed by atoms with van der Waals surface area (Å²) >= 11 is 6.94. The van der Waals surface area contributed by atoms with Crippen LogP contribution in [0.1, 0.15) is 18.4 Å². The number of rotatable bonds is 9. The number of carbonyl (C=O) groups is 4. The molecule has 0 spiro atoms. The van der Waals surface area contributed by atoms with Crippen LogP contribution in [0.25, 0.3) is 0 Å². The Hall–Kier alpha value is -3.25. The molecule has 2 unspecified atom stereocenters. The number of phenols is 1. The highest BCUT2D eigenvalue weighted by Gasteiger charge is 2.54. The summed E-state index contributed by atoms with van der Waals surface area (Å²) in [6, 6.07) is 4.13. The number of aliphatic carboxylic acids is 2. The van der Waals surface area contributed by atoms with Crippen LogP contribution in [0, 0.1) is 0 Å². The topological polar surface area (TPSA) is 166 Å². The summed E-state index contributed by atoms with van der Waals surface area (Å²) in [5.41, 5.74) is -0.00799. The number of fused-ring (bicyclic) bond motifs is 1. The molecule has 3 rings (SSSR count). The normalized spacial score (nSPS) is 21.8. The average Bonchev–Trinajstić information content (AvgIpc) is 2.74. The lowest BCUT2D eigenvalue weighted by atomic mass is 9.96. The molecule has 11 nitrogen and oxygen atoms in total. The second-order valence-corrected chi connectivity index (χ2v) is 9.10. The third-order valence-corrected chi connectivity index (χ3v) is 6.23. The van der Waals surface area contributed by atoms with E-state index >= 15 is 0 Å². The quantitative estimate of drug-likeness (QED) is 0.127. The minimum absolute atomic E-state index is 0.0378. The zero-order valence-electron chi connectivity index (χ0n) is 17.2. The monoisotopic (exact) mass is 497 g/mol. The number of thioether (sulfide) groups is 1. The first kappa shape index (κ1) is 24.4. The molecule has 176 valence electrons. The Morgan fingerprint density at radius 2 is 2.12 bits per heavy atom. The highest BCUT2D eigenvalue weighted by Crippen LogP contribution is 2.40. The first-order valence-corrected chi connectivity index (χ1v) is 11.1. The number of alkyl halides is 1. The maximum absolute atomic E-state index is 12.7. The zero-order valence-corrected chi connectivity index (χ0v) is 18.7. The number of hydrogen-bond donors (Lipinski definition) is 4. The number of aromatic hydroxyl groups is 1. The fraction of sp³-hybridized carbons (Fsp3) is 0.350. The number of halogens is 1. The molecule has 0 radical (unpaired) electrons. The number of nitrogens with one attached hydrogen (secondary N) is 1. The molecule has 0 aromatic heterocycles. The number of carboxylic acids is 2. The molecule has 1 saturated heterocycles. The Kier molecular flexibility index (Phi) is 7.49. The van der Waals surface area contributed by atoms with Crippen LogP contribution in [0.15, 0.2) is 40.7 Å². The van der Waals surface area contributed by atoms with Crippen molar-refractivity contribution in [1.82, 2.24) is 10.2 Å². The molecule has 2 aliphatic rings. The molecule has 2 amide bonds. The first-order chi connectivity index (χ1) is 15.6. The SMILES string of the molecule is CC(Cl)CON=CC1=C(C(=O)O)N2C(=O)[C@@H](NC(=O)C(C(=O)O)c3cccc(O)c3)[C@H]2SC1. The molecule has 0 bridgehead atoms. The van der Waals surface area contributed by atoms with Crippen molar-refractivity contribution >= 4 is 53.3 Å². The molecule has 0 saturated carbocycles. The molecule has 33 heavy (non-hydrogen) atoms. The van der Waals surface area contributed by atoms with Gasteiger partial charge in [-0.2, -0.15) is 0 Å². The minimum atomic E-state index is -1.66. The fourth-order valence-electron chi connectivity index (χ4n) is 3.34. The average molecular weight is 498 g/mol. The lowest BCUT2D eigenvalue weighted by Gasteiger charge is -2.49. The summed E-state index contributed by atoms with van der Waals surface area (Å²) in [6.45, 7) is 1.81. The number of oxime groups is 1. The van der Waals surface area contributed by atoms with Crippen LogP contribution in [-0.2, 0) is 24.0 Å². The minimum Gasteiger partial charge on any atom is -0.508 e. The van der Waals surface area contributed by atoms with Crippen molar-refractivity contribution in [3.63, 3.8) is 0 Å². The number of benzene rings is 1. The van der Waals surface area contributed by atoms with E-state index in [-0.39, 0.29) is 40.3 Å². The number of β-lactam (4-membered cyclic amide) rings is 1. The standard InChI is InChI=1S/C20H20ClN3O8S/c1-9(21)7-32-22-6-11-8-33-18-14(17(27)24(18)15(11)20(30)31)23-16(26)13(19(28)29)10-3-2-4-12(25)5-10/h2-6,9,13-14,18,25H,7-8H2,1H3,(H,23,26)(H,28,29)(H,30,31)/t9?,13?,14-,18-/m1/s1. The highest BCUT2D eigenvalue weighted by molar-refractivity contribution is 8.00. The Labute approximate surface area is 197 Å². The number of phenolic OH excluding ortho intramolecular Hbond substituents is 1. The highest BCUT2D eigenvalue weighted by atomic mass is 35.5. The van der Waals surface area contributed by atoms with Crippen molar-refractivity contribution in [2.45, 2.75) is 29.6 Å². The third-order valence-electron chi connectivity index (χ3n) is 4.80. The van der Waals surface area contributed by atoms with Crippen LogP contribution >= 0.6 is 23.4 Å². The van der Waals surface area contributed by atoms with E-state index in [9.17, 15) is 34.5 Å². The summed E-state index contributed by atoms with van der Waals surface area (Å²) in [6.07, 6.45) is 1.20. The van der Waals surface area contributed by atoms with Gasteiger partial charge >= 0.3 is 11.9 Å². The van der Waals surface area contributed by atoms with Gasteiger partial charge in [0.2, 0.25) is 5.91 Å². The van der Waals surface area contributed by atoms with E-state index in [1.807, 2.05) is 0 Å². The van der Waals surface area contributed by atoms with Gasteiger partial charge in [-0.15, -0.1) is 23.4 Å². The predicted octanol–water partition coefficient (Wildman–Crippen LogP) is 0.929. The van der Waals surface area contributed by atoms with Gasteiger partial charge in [-0.05, 0) is 24.6 Å². The maximum atomic E-state index is 12.7. The Balaban J connectivity index is 1.76. The van der Waals surface area contributed by atoms with Crippen molar-refractivity contribution in [2.24, 2.45) is 5.16 Å². The van der Waals surface area contributed by atoms with Crippen LogP contribution < -0.4 is 5.32 Å². The van der Waals surface area contributed by atoms with Crippen molar-refractivity contribution < 1.29 is 39.3 Å². The molecule has 1 aromatic rings. The van der Waals surface area contributed by atoms with Crippen molar-refractivity contribution in [2.75, 3.05) is 12.4 Å². The molecule has 1 aromatic carbocycles. The van der Waals surface area contributed by atoms with Crippen molar-refractivity contribution in [3.05, 3.63) is 41.1 Å². The lowest BCUT2D eigenvalue weighted by molar-refractivity contribution is -0.152. The second-order valence-electron chi connectivity index (χ2n) is 7.25. The molecule has 13 heteroatoms. The zero-order chi connectivity index (χ0) is 24.3. The van der Waals surface area contributed by atoms with Gasteiger partial charge in [0, 0.05) is 11.3 Å². The summed E-state index contributed by atoms with van der Waals surface area (Å²) in [5.74, 6) is -6.17. The number of carboxylic acid groups (broad SMARTS) is 2. The Bertz CT molecular complexity index is 1040. The van der Waals surface area contributed by atoms with E-state index in [0.29, 0.717) is 0 Å². The van der Waals surface area contributed by atoms with Gasteiger partial charge in [-0.3, -0.25) is 19.3 Å². The Morgan fingerprint density at radius 3 is 2.73 bits per heavy atom. The van der Waals surface area contributed by atoms with Gasteiger partial charge in [0.15, 0.2) is 5.92 Å². The van der Waals surface area contributed by atoms with Gasteiger partial charge < -0.3 is 25.5 Å². The second kappa shape index (κ2) is 10.1. The molecule has 4 N–H and O–H groups in total. The van der Waals surface area contributed by atoms with Crippen LogP contribution in [0.4, 0.5) is 0 Å². The maximum Gasteiger partial charge on any atom is 0.353 e. The summed E-state index contributed by atoms with van der Waals surface area (Å²) in [7, 11) is 0. The van der Waals surface area contributed by atoms with Crippen LogP contribution in [0.3, 0.4) is 0 Å². The molecule has 4 atom stereocenters. The van der Waals surface area contributed by atoms with E-state index in [0.717, 1.165) is 11.0 Å². The molecule has 1 fully saturated rings. The van der Waals surface area contributed by atoms with Crippen molar-refractivity contribution in [3.8, 4) is 5.75 Å². The molecular formula is C20H20ClN3O8S. The smallest absolute Gasteiger partial charge is 0.353 e. The summed E-state index contributed by atoms with van der Waals surface area (Å²) in [4.78, 5) is 54.9. The van der Waals surface area contributed by atoms with E-state index in [4.69, 9.17) is 16.4 Å². The number of nitrogens with zero attached hydrogens (tertiary/aromatic N) is 2. The molecule has 2 aliphatic heterocycles. The molecular weight excluding hydrogens is 478 g/mol. The van der Waals surface area contributed by atoms with Gasteiger partial charge in [0.05, 0.1) is 11.6 Å². The lowest BCUT2D eigenvalue weighted by Crippen LogP contribution is -2.71. The number of carbonyl (C=O) groups excluding carboxylic acids is 2. The van der Waals surface area contributed by atoms with Crippen LogP contribution in [-0.4, -0.2) is 79.3 Å². The van der Waals surface area contributed by atoms with Crippen molar-refractivity contribution in [1.29, 1.82) is 0 Å². The number of amides is 2.